The van der Waals surface area contributed by atoms with E-state index < -0.39 is 5.41 Å². The van der Waals surface area contributed by atoms with Crippen molar-refractivity contribution in [3.8, 4) is 0 Å². The molecule has 0 saturated carbocycles. The summed E-state index contributed by atoms with van der Waals surface area (Å²) in [6.45, 7) is 3.84. The highest BCUT2D eigenvalue weighted by molar-refractivity contribution is 6.05. The van der Waals surface area contributed by atoms with Crippen molar-refractivity contribution in [3.63, 3.8) is 0 Å². The molecular formula is C16H17N3O2. The summed E-state index contributed by atoms with van der Waals surface area (Å²) in [4.78, 5) is 30.0. The van der Waals surface area contributed by atoms with Gasteiger partial charge in [-0.2, -0.15) is 0 Å². The third kappa shape index (κ3) is 2.14. The number of pyridine rings is 1. The SMILES string of the molecule is CC1(C)CC(=O)N(Cc2ccc(N)c3cccnc23)C1=O. The Labute approximate surface area is 122 Å². The molecule has 0 atom stereocenters. The minimum atomic E-state index is -0.617. The molecule has 0 bridgehead atoms. The zero-order chi connectivity index (χ0) is 15.2. The van der Waals surface area contributed by atoms with Crippen molar-refractivity contribution in [2.75, 3.05) is 5.73 Å². The highest BCUT2D eigenvalue weighted by atomic mass is 16.2. The van der Waals surface area contributed by atoms with Gasteiger partial charge in [-0.1, -0.05) is 19.9 Å². The second kappa shape index (κ2) is 4.55. The number of carbonyl (C=O) groups is 2. The van der Waals surface area contributed by atoms with Gasteiger partial charge in [-0.05, 0) is 23.8 Å². The Balaban J connectivity index is 2.02. The Kier molecular flexibility index (Phi) is 2.93. The van der Waals surface area contributed by atoms with E-state index in [0.717, 1.165) is 16.5 Å². The predicted octanol–water partition coefficient (Wildman–Crippen LogP) is 2.10. The Morgan fingerprint density at radius 3 is 2.71 bits per heavy atom. The molecule has 2 amide bonds. The molecule has 1 aliphatic rings. The first kappa shape index (κ1) is 13.5. The molecular weight excluding hydrogens is 266 g/mol. The summed E-state index contributed by atoms with van der Waals surface area (Å²) in [7, 11) is 0. The molecule has 1 aliphatic heterocycles. The van der Waals surface area contributed by atoms with Crippen LogP contribution >= 0.6 is 0 Å². The topological polar surface area (TPSA) is 76.3 Å². The van der Waals surface area contributed by atoms with E-state index in [-0.39, 0.29) is 24.8 Å². The molecule has 1 fully saturated rings. The van der Waals surface area contributed by atoms with Crippen molar-refractivity contribution in [2.45, 2.75) is 26.8 Å². The van der Waals surface area contributed by atoms with Crippen LogP contribution in [0.1, 0.15) is 25.8 Å². The number of benzene rings is 1. The molecule has 1 saturated heterocycles. The maximum Gasteiger partial charge on any atom is 0.235 e. The number of imide groups is 1. The van der Waals surface area contributed by atoms with Crippen molar-refractivity contribution >= 4 is 28.4 Å². The smallest absolute Gasteiger partial charge is 0.235 e. The maximum absolute atomic E-state index is 12.3. The van der Waals surface area contributed by atoms with Crippen molar-refractivity contribution in [1.29, 1.82) is 0 Å². The van der Waals surface area contributed by atoms with Crippen molar-refractivity contribution in [1.82, 2.24) is 9.88 Å². The van der Waals surface area contributed by atoms with Gasteiger partial charge in [0.2, 0.25) is 11.8 Å². The number of hydrogen-bond donors (Lipinski definition) is 1. The molecule has 5 nitrogen and oxygen atoms in total. The largest absolute Gasteiger partial charge is 0.398 e. The third-order valence-electron chi connectivity index (χ3n) is 3.93. The van der Waals surface area contributed by atoms with Gasteiger partial charge in [0.25, 0.3) is 0 Å². The zero-order valence-corrected chi connectivity index (χ0v) is 12.1. The average Bonchev–Trinajstić information content (AvgIpc) is 2.64. The lowest BCUT2D eigenvalue weighted by Gasteiger charge is -2.18. The van der Waals surface area contributed by atoms with Crippen LogP contribution in [0.3, 0.4) is 0 Å². The van der Waals surface area contributed by atoms with Crippen molar-refractivity contribution < 1.29 is 9.59 Å². The summed E-state index contributed by atoms with van der Waals surface area (Å²) in [6, 6.07) is 7.32. The Morgan fingerprint density at radius 2 is 2.05 bits per heavy atom. The van der Waals surface area contributed by atoms with Gasteiger partial charge < -0.3 is 5.73 Å². The van der Waals surface area contributed by atoms with E-state index in [1.54, 1.807) is 26.1 Å². The zero-order valence-electron chi connectivity index (χ0n) is 12.1. The van der Waals surface area contributed by atoms with Crippen LogP contribution in [0, 0.1) is 5.41 Å². The molecule has 0 radical (unpaired) electrons. The van der Waals surface area contributed by atoms with Gasteiger partial charge in [0, 0.05) is 23.7 Å². The molecule has 5 heteroatoms. The van der Waals surface area contributed by atoms with Gasteiger partial charge in [0.05, 0.1) is 17.5 Å². The van der Waals surface area contributed by atoms with E-state index >= 15 is 0 Å². The average molecular weight is 283 g/mol. The number of rotatable bonds is 2. The van der Waals surface area contributed by atoms with E-state index in [1.807, 2.05) is 18.2 Å². The molecule has 0 unspecified atom stereocenters. The first-order valence-corrected chi connectivity index (χ1v) is 6.87. The van der Waals surface area contributed by atoms with Gasteiger partial charge >= 0.3 is 0 Å². The number of anilines is 1. The van der Waals surface area contributed by atoms with E-state index in [0.29, 0.717) is 5.69 Å². The Hall–Kier alpha value is -2.43. The lowest BCUT2D eigenvalue weighted by atomic mass is 9.92. The fraction of sp³-hybridized carbons (Fsp3) is 0.312. The highest BCUT2D eigenvalue weighted by Crippen LogP contribution is 2.33. The minimum absolute atomic E-state index is 0.131. The number of carbonyl (C=O) groups excluding carboxylic acids is 2. The summed E-state index contributed by atoms with van der Waals surface area (Å²) >= 11 is 0. The number of fused-ring (bicyclic) bond motifs is 1. The van der Waals surface area contributed by atoms with Crippen LogP contribution in [-0.2, 0) is 16.1 Å². The second-order valence-electron chi connectivity index (χ2n) is 6.06. The van der Waals surface area contributed by atoms with Gasteiger partial charge in [-0.25, -0.2) is 0 Å². The fourth-order valence-corrected chi connectivity index (χ4v) is 2.74. The number of aromatic nitrogens is 1. The van der Waals surface area contributed by atoms with Gasteiger partial charge in [0.1, 0.15) is 0 Å². The number of likely N-dealkylation sites (tertiary alicyclic amines) is 1. The number of nitrogens with zero attached hydrogens (tertiary/aromatic N) is 2. The number of nitrogen functional groups attached to an aromatic ring is 1. The maximum atomic E-state index is 12.3. The summed E-state index contributed by atoms with van der Waals surface area (Å²) in [6.07, 6.45) is 1.94. The van der Waals surface area contributed by atoms with E-state index in [2.05, 4.69) is 4.98 Å². The molecule has 2 N–H and O–H groups in total. The quantitative estimate of drug-likeness (QED) is 0.676. The second-order valence-corrected chi connectivity index (χ2v) is 6.06. The summed E-state index contributed by atoms with van der Waals surface area (Å²) in [5.74, 6) is -0.265. The minimum Gasteiger partial charge on any atom is -0.398 e. The van der Waals surface area contributed by atoms with E-state index in [4.69, 9.17) is 5.73 Å². The van der Waals surface area contributed by atoms with Crippen LogP contribution in [-0.4, -0.2) is 21.7 Å². The van der Waals surface area contributed by atoms with Crippen molar-refractivity contribution in [2.24, 2.45) is 5.41 Å². The van der Waals surface area contributed by atoms with Crippen LogP contribution in [0.15, 0.2) is 30.5 Å². The standard InChI is InChI=1S/C16H17N3O2/c1-16(2)8-13(20)19(15(16)21)9-10-5-6-12(17)11-4-3-7-18-14(10)11/h3-7H,8-9,17H2,1-2H3. The van der Waals surface area contributed by atoms with Gasteiger partial charge in [-0.15, -0.1) is 0 Å². The van der Waals surface area contributed by atoms with Crippen LogP contribution < -0.4 is 5.73 Å². The third-order valence-corrected chi connectivity index (χ3v) is 3.93. The Morgan fingerprint density at radius 1 is 1.29 bits per heavy atom. The fourth-order valence-electron chi connectivity index (χ4n) is 2.74. The molecule has 2 aromatic rings. The first-order valence-electron chi connectivity index (χ1n) is 6.87. The lowest BCUT2D eigenvalue weighted by Crippen LogP contribution is -2.32. The predicted molar refractivity (Wildman–Crippen MR) is 80.1 cm³/mol. The van der Waals surface area contributed by atoms with Crippen molar-refractivity contribution in [3.05, 3.63) is 36.0 Å². The normalized spacial score (nSPS) is 17.7. The van der Waals surface area contributed by atoms with E-state index in [9.17, 15) is 9.59 Å². The molecule has 1 aromatic heterocycles. The summed E-state index contributed by atoms with van der Waals surface area (Å²) in [5.41, 5.74) is 7.54. The summed E-state index contributed by atoms with van der Waals surface area (Å²) < 4.78 is 0. The molecule has 108 valence electrons. The molecule has 0 aliphatic carbocycles. The molecule has 1 aromatic carbocycles. The van der Waals surface area contributed by atoms with Crippen LogP contribution in [0.25, 0.3) is 10.9 Å². The molecule has 2 heterocycles. The first-order chi connectivity index (χ1) is 9.90. The van der Waals surface area contributed by atoms with E-state index in [1.165, 1.54) is 4.90 Å². The molecule has 3 rings (SSSR count). The molecule has 0 spiro atoms. The highest BCUT2D eigenvalue weighted by Gasteiger charge is 2.44. The van der Waals surface area contributed by atoms with Gasteiger partial charge in [0.15, 0.2) is 0 Å². The molecule has 21 heavy (non-hydrogen) atoms. The van der Waals surface area contributed by atoms with Gasteiger partial charge in [-0.3, -0.25) is 19.5 Å². The van der Waals surface area contributed by atoms with Crippen LogP contribution in [0.5, 0.6) is 0 Å². The number of amides is 2. The van der Waals surface area contributed by atoms with Crippen LogP contribution in [0.2, 0.25) is 0 Å². The van der Waals surface area contributed by atoms with Crippen LogP contribution in [0.4, 0.5) is 5.69 Å². The lowest BCUT2D eigenvalue weighted by molar-refractivity contribution is -0.141. The summed E-state index contributed by atoms with van der Waals surface area (Å²) in [5, 5.41) is 0.841. The monoisotopic (exact) mass is 283 g/mol. The Bertz CT molecular complexity index is 752. The number of hydrogen-bond acceptors (Lipinski definition) is 4. The number of nitrogens with two attached hydrogens (primary N) is 1.